The van der Waals surface area contributed by atoms with Gasteiger partial charge >= 0.3 is 0 Å². The van der Waals surface area contributed by atoms with Gasteiger partial charge in [-0.3, -0.25) is 4.79 Å². The molecule has 1 aromatic heterocycles. The Morgan fingerprint density at radius 2 is 1.82 bits per heavy atom. The van der Waals surface area contributed by atoms with Crippen LogP contribution in [-0.4, -0.2) is 28.6 Å². The molecule has 33 heavy (non-hydrogen) atoms. The number of fused-ring (bicyclic) bond motifs is 1. The van der Waals surface area contributed by atoms with Gasteiger partial charge in [-0.2, -0.15) is 0 Å². The van der Waals surface area contributed by atoms with Gasteiger partial charge in [0.1, 0.15) is 11.6 Å². The minimum atomic E-state index is 0.221. The van der Waals surface area contributed by atoms with Gasteiger partial charge in [0.15, 0.2) is 0 Å². The Bertz CT molecular complexity index is 1030. The van der Waals surface area contributed by atoms with Crippen LogP contribution in [0.2, 0.25) is 5.02 Å². The summed E-state index contributed by atoms with van der Waals surface area (Å²) in [6.45, 7) is 2.30. The standard InChI is InChI=1S/C27H34ClN3O2/c28-22-14-16-23(17-15-22)33-20-7-6-19-31-25-12-5-4-11-24(25)30-26(31)13-8-18-29-27(32)21-9-2-1-3-10-21/h4-5,11-12,14-17,21H,1-3,6-10,13,18-20H2,(H,29,32). The maximum atomic E-state index is 12.4. The van der Waals surface area contributed by atoms with Gasteiger partial charge < -0.3 is 14.6 Å². The molecule has 6 heteroatoms. The molecule has 0 bridgehead atoms. The topological polar surface area (TPSA) is 56.2 Å². The second-order valence-electron chi connectivity index (χ2n) is 8.91. The predicted octanol–water partition coefficient (Wildman–Crippen LogP) is 6.18. The number of benzene rings is 2. The van der Waals surface area contributed by atoms with Crippen molar-refractivity contribution in [2.45, 2.75) is 64.3 Å². The second kappa shape index (κ2) is 12.1. The van der Waals surface area contributed by atoms with E-state index in [2.05, 4.69) is 28.1 Å². The SMILES string of the molecule is O=C(NCCCc1nc2ccccc2n1CCCCOc1ccc(Cl)cc1)C1CCCCC1. The van der Waals surface area contributed by atoms with Crippen LogP contribution in [0.25, 0.3) is 11.0 Å². The van der Waals surface area contributed by atoms with Crippen LogP contribution >= 0.6 is 11.6 Å². The molecule has 4 rings (SSSR count). The third-order valence-corrected chi connectivity index (χ3v) is 6.70. The lowest BCUT2D eigenvalue weighted by Gasteiger charge is -2.20. The fraction of sp³-hybridized carbons (Fsp3) is 0.481. The number of aryl methyl sites for hydroxylation is 2. The summed E-state index contributed by atoms with van der Waals surface area (Å²) in [5.74, 6) is 2.41. The number of aromatic nitrogens is 2. The van der Waals surface area contributed by atoms with Gasteiger partial charge in [0.2, 0.25) is 5.91 Å². The molecule has 0 atom stereocenters. The first-order valence-electron chi connectivity index (χ1n) is 12.3. The fourth-order valence-corrected chi connectivity index (χ4v) is 4.75. The Morgan fingerprint density at radius 1 is 1.03 bits per heavy atom. The lowest BCUT2D eigenvalue weighted by Crippen LogP contribution is -2.32. The van der Waals surface area contributed by atoms with E-state index in [9.17, 15) is 4.79 Å². The molecule has 1 aliphatic rings. The summed E-state index contributed by atoms with van der Waals surface area (Å²) >= 11 is 5.93. The van der Waals surface area contributed by atoms with Crippen molar-refractivity contribution in [3.05, 3.63) is 59.4 Å². The lowest BCUT2D eigenvalue weighted by atomic mass is 9.89. The van der Waals surface area contributed by atoms with Gasteiger partial charge in [-0.25, -0.2) is 4.98 Å². The maximum absolute atomic E-state index is 12.4. The molecule has 0 unspecified atom stereocenters. The Hall–Kier alpha value is -2.53. The number of hydrogen-bond donors (Lipinski definition) is 1. The zero-order chi connectivity index (χ0) is 22.9. The number of amides is 1. The Morgan fingerprint density at radius 3 is 2.64 bits per heavy atom. The monoisotopic (exact) mass is 467 g/mol. The number of carbonyl (C=O) groups is 1. The maximum Gasteiger partial charge on any atom is 0.223 e. The summed E-state index contributed by atoms with van der Waals surface area (Å²) in [5, 5.41) is 3.87. The molecule has 0 saturated heterocycles. The van der Waals surface area contributed by atoms with Crippen LogP contribution in [0.5, 0.6) is 5.75 Å². The zero-order valence-corrected chi connectivity index (χ0v) is 20.0. The van der Waals surface area contributed by atoms with Crippen LogP contribution < -0.4 is 10.1 Å². The molecule has 176 valence electrons. The fourth-order valence-electron chi connectivity index (χ4n) is 4.63. The Labute approximate surface area is 201 Å². The Kier molecular flexibility index (Phi) is 8.65. The normalized spacial score (nSPS) is 14.5. The quantitative estimate of drug-likeness (QED) is 0.342. The first kappa shape index (κ1) is 23.6. The zero-order valence-electron chi connectivity index (χ0n) is 19.3. The molecule has 1 fully saturated rings. The predicted molar refractivity (Wildman–Crippen MR) is 134 cm³/mol. The number of rotatable bonds is 11. The highest BCUT2D eigenvalue weighted by Gasteiger charge is 2.20. The molecule has 1 amide bonds. The van der Waals surface area contributed by atoms with Gasteiger partial charge in [0.25, 0.3) is 0 Å². The number of unbranched alkanes of at least 4 members (excludes halogenated alkanes) is 1. The number of ether oxygens (including phenoxy) is 1. The van der Waals surface area contributed by atoms with Crippen LogP contribution in [0.3, 0.4) is 0 Å². The van der Waals surface area contributed by atoms with Gasteiger partial charge in [-0.1, -0.05) is 43.0 Å². The highest BCUT2D eigenvalue weighted by molar-refractivity contribution is 6.30. The Balaban J connectivity index is 1.26. The van der Waals surface area contributed by atoms with Crippen molar-refractivity contribution in [1.29, 1.82) is 0 Å². The van der Waals surface area contributed by atoms with E-state index in [1.165, 1.54) is 24.8 Å². The molecular weight excluding hydrogens is 434 g/mol. The average Bonchev–Trinajstić information content (AvgIpc) is 3.20. The average molecular weight is 468 g/mol. The molecule has 1 aliphatic carbocycles. The number of imidazole rings is 1. The highest BCUT2D eigenvalue weighted by Crippen LogP contribution is 2.24. The summed E-state index contributed by atoms with van der Waals surface area (Å²) in [6, 6.07) is 15.8. The minimum absolute atomic E-state index is 0.221. The van der Waals surface area contributed by atoms with E-state index in [0.29, 0.717) is 13.2 Å². The van der Waals surface area contributed by atoms with Gasteiger partial charge in [-0.15, -0.1) is 0 Å². The molecule has 0 spiro atoms. The minimum Gasteiger partial charge on any atom is -0.494 e. The van der Waals surface area contributed by atoms with Crippen LogP contribution in [0.1, 0.15) is 57.2 Å². The van der Waals surface area contributed by atoms with E-state index in [0.717, 1.165) is 67.2 Å². The summed E-state index contributed by atoms with van der Waals surface area (Å²) in [6.07, 6.45) is 9.48. The molecule has 5 nitrogen and oxygen atoms in total. The molecule has 1 heterocycles. The van der Waals surface area contributed by atoms with Crippen molar-refractivity contribution >= 4 is 28.5 Å². The van der Waals surface area contributed by atoms with Crippen molar-refractivity contribution in [1.82, 2.24) is 14.9 Å². The van der Waals surface area contributed by atoms with E-state index in [1.54, 1.807) is 0 Å². The van der Waals surface area contributed by atoms with Crippen LogP contribution in [0.15, 0.2) is 48.5 Å². The number of halogens is 1. The molecule has 1 saturated carbocycles. The molecule has 0 aliphatic heterocycles. The van der Waals surface area contributed by atoms with Crippen molar-refractivity contribution < 1.29 is 9.53 Å². The van der Waals surface area contributed by atoms with Crippen LogP contribution in [-0.2, 0) is 17.8 Å². The summed E-state index contributed by atoms with van der Waals surface area (Å²) in [5.41, 5.74) is 2.22. The third-order valence-electron chi connectivity index (χ3n) is 6.44. The van der Waals surface area contributed by atoms with Crippen molar-refractivity contribution in [3.8, 4) is 5.75 Å². The second-order valence-corrected chi connectivity index (χ2v) is 9.34. The number of nitrogens with zero attached hydrogens (tertiary/aromatic N) is 2. The smallest absolute Gasteiger partial charge is 0.223 e. The van der Waals surface area contributed by atoms with Gasteiger partial charge in [0.05, 0.1) is 17.6 Å². The van der Waals surface area contributed by atoms with E-state index < -0.39 is 0 Å². The first-order chi connectivity index (χ1) is 16.2. The summed E-state index contributed by atoms with van der Waals surface area (Å²) in [4.78, 5) is 17.3. The number of nitrogens with one attached hydrogen (secondary N) is 1. The van der Waals surface area contributed by atoms with E-state index in [1.807, 2.05) is 30.3 Å². The van der Waals surface area contributed by atoms with E-state index in [4.69, 9.17) is 21.3 Å². The van der Waals surface area contributed by atoms with Crippen molar-refractivity contribution in [3.63, 3.8) is 0 Å². The van der Waals surface area contributed by atoms with Crippen molar-refractivity contribution in [2.75, 3.05) is 13.2 Å². The largest absolute Gasteiger partial charge is 0.494 e. The molecule has 1 N–H and O–H groups in total. The molecular formula is C27H34ClN3O2. The molecule has 3 aromatic rings. The van der Waals surface area contributed by atoms with E-state index in [-0.39, 0.29) is 11.8 Å². The third kappa shape index (κ3) is 6.73. The number of hydrogen-bond acceptors (Lipinski definition) is 3. The summed E-state index contributed by atoms with van der Waals surface area (Å²) in [7, 11) is 0. The first-order valence-corrected chi connectivity index (χ1v) is 12.7. The van der Waals surface area contributed by atoms with Crippen LogP contribution in [0, 0.1) is 5.92 Å². The lowest BCUT2D eigenvalue weighted by molar-refractivity contribution is -0.125. The van der Waals surface area contributed by atoms with Crippen molar-refractivity contribution in [2.24, 2.45) is 5.92 Å². The van der Waals surface area contributed by atoms with E-state index >= 15 is 0 Å². The summed E-state index contributed by atoms with van der Waals surface area (Å²) < 4.78 is 8.16. The number of carbonyl (C=O) groups excluding carboxylic acids is 1. The van der Waals surface area contributed by atoms with Gasteiger partial charge in [0, 0.05) is 30.5 Å². The highest BCUT2D eigenvalue weighted by atomic mass is 35.5. The molecule has 2 aromatic carbocycles. The molecule has 0 radical (unpaired) electrons. The number of para-hydroxylation sites is 2. The van der Waals surface area contributed by atoms with Crippen LogP contribution in [0.4, 0.5) is 0 Å². The van der Waals surface area contributed by atoms with Gasteiger partial charge in [-0.05, 0) is 68.5 Å².